The third kappa shape index (κ3) is 4.11. The van der Waals surface area contributed by atoms with Crippen LogP contribution in [0.25, 0.3) is 0 Å². The van der Waals surface area contributed by atoms with E-state index in [1.165, 1.54) is 0 Å². The van der Waals surface area contributed by atoms with Gasteiger partial charge in [0.25, 0.3) is 0 Å². The number of carbonyl (C=O) groups is 1. The van der Waals surface area contributed by atoms with Gasteiger partial charge >= 0.3 is 0 Å². The largest absolute Gasteiger partial charge is 0.492 e. The van der Waals surface area contributed by atoms with Crippen molar-refractivity contribution < 1.29 is 9.53 Å². The number of carbonyl (C=O) groups excluding carboxylic acids is 1. The fourth-order valence-corrected chi connectivity index (χ4v) is 2.24. The Morgan fingerprint density at radius 1 is 1.47 bits per heavy atom. The third-order valence-electron chi connectivity index (χ3n) is 3.29. The van der Waals surface area contributed by atoms with Crippen molar-refractivity contribution in [1.82, 2.24) is 10.2 Å². The van der Waals surface area contributed by atoms with E-state index in [0.29, 0.717) is 18.2 Å². The molecule has 0 saturated carbocycles. The van der Waals surface area contributed by atoms with Crippen LogP contribution < -0.4 is 10.1 Å². The molecule has 1 atom stereocenters. The second-order valence-corrected chi connectivity index (χ2v) is 5.19. The van der Waals surface area contributed by atoms with Crippen LogP contribution in [0.15, 0.2) is 24.3 Å². The van der Waals surface area contributed by atoms with Crippen LogP contribution in [0.5, 0.6) is 5.75 Å². The topological polar surface area (TPSA) is 41.6 Å². The predicted octanol–water partition coefficient (Wildman–Crippen LogP) is 1.79. The van der Waals surface area contributed by atoms with Gasteiger partial charge in [-0.05, 0) is 37.2 Å². The van der Waals surface area contributed by atoms with E-state index in [-0.39, 0.29) is 11.8 Å². The average Bonchev–Trinajstić information content (AvgIpc) is 2.94. The third-order valence-corrected chi connectivity index (χ3v) is 3.55. The number of benzene rings is 1. The molecule has 0 aromatic heterocycles. The van der Waals surface area contributed by atoms with Crippen LogP contribution in [-0.2, 0) is 4.79 Å². The summed E-state index contributed by atoms with van der Waals surface area (Å²) in [5, 5.41) is 3.89. The fraction of sp³-hybridized carbons (Fsp3) is 0.500. The molecule has 0 aliphatic carbocycles. The highest BCUT2D eigenvalue weighted by Crippen LogP contribution is 2.15. The lowest BCUT2D eigenvalue weighted by Gasteiger charge is -2.20. The summed E-state index contributed by atoms with van der Waals surface area (Å²) < 4.78 is 5.58. The van der Waals surface area contributed by atoms with Gasteiger partial charge in [-0.15, -0.1) is 0 Å². The van der Waals surface area contributed by atoms with Crippen LogP contribution in [0, 0.1) is 5.92 Å². The molecule has 0 radical (unpaired) electrons. The molecule has 4 nitrogen and oxygen atoms in total. The van der Waals surface area contributed by atoms with E-state index in [0.717, 1.165) is 25.3 Å². The van der Waals surface area contributed by atoms with Crippen molar-refractivity contribution in [1.29, 1.82) is 0 Å². The summed E-state index contributed by atoms with van der Waals surface area (Å²) in [5.41, 5.74) is 0. The fourth-order valence-electron chi connectivity index (χ4n) is 2.12. The zero-order valence-electron chi connectivity index (χ0n) is 11.1. The summed E-state index contributed by atoms with van der Waals surface area (Å²) >= 11 is 5.80. The van der Waals surface area contributed by atoms with E-state index in [4.69, 9.17) is 16.3 Å². The first kappa shape index (κ1) is 14.2. The number of amides is 1. The van der Waals surface area contributed by atoms with E-state index < -0.39 is 0 Å². The first-order valence-electron chi connectivity index (χ1n) is 6.51. The maximum Gasteiger partial charge on any atom is 0.226 e. The highest BCUT2D eigenvalue weighted by Gasteiger charge is 2.24. The van der Waals surface area contributed by atoms with Crippen LogP contribution >= 0.6 is 11.6 Å². The molecule has 1 aliphatic rings. The lowest BCUT2D eigenvalue weighted by atomic mass is 10.1. The van der Waals surface area contributed by atoms with Crippen LogP contribution in [0.2, 0.25) is 5.02 Å². The maximum atomic E-state index is 12.0. The Labute approximate surface area is 118 Å². The number of likely N-dealkylation sites (N-methyl/N-ethyl adjacent to an activating group) is 1. The summed E-state index contributed by atoms with van der Waals surface area (Å²) in [4.78, 5) is 13.8. The van der Waals surface area contributed by atoms with Gasteiger partial charge in [-0.1, -0.05) is 11.6 Å². The quantitative estimate of drug-likeness (QED) is 0.895. The van der Waals surface area contributed by atoms with Crippen molar-refractivity contribution in [2.75, 3.05) is 33.3 Å². The number of hydrogen-bond acceptors (Lipinski definition) is 3. The van der Waals surface area contributed by atoms with Crippen molar-refractivity contribution in [2.45, 2.75) is 6.42 Å². The Kier molecular flexibility index (Phi) is 5.05. The van der Waals surface area contributed by atoms with Crippen molar-refractivity contribution in [2.24, 2.45) is 5.92 Å². The van der Waals surface area contributed by atoms with Gasteiger partial charge in [0.1, 0.15) is 12.4 Å². The zero-order chi connectivity index (χ0) is 13.7. The first-order chi connectivity index (χ1) is 9.16. The van der Waals surface area contributed by atoms with Crippen molar-refractivity contribution >= 4 is 17.5 Å². The van der Waals surface area contributed by atoms with Crippen LogP contribution in [0.3, 0.4) is 0 Å². The first-order valence-corrected chi connectivity index (χ1v) is 6.88. The molecule has 2 rings (SSSR count). The Morgan fingerprint density at radius 2 is 2.21 bits per heavy atom. The molecule has 1 aromatic rings. The molecule has 1 fully saturated rings. The molecule has 1 aromatic carbocycles. The van der Waals surface area contributed by atoms with Crippen LogP contribution in [0.1, 0.15) is 6.42 Å². The van der Waals surface area contributed by atoms with Gasteiger partial charge in [0.2, 0.25) is 5.91 Å². The number of ether oxygens (including phenoxy) is 1. The van der Waals surface area contributed by atoms with Crippen LogP contribution in [-0.4, -0.2) is 44.1 Å². The van der Waals surface area contributed by atoms with Gasteiger partial charge in [0, 0.05) is 18.6 Å². The minimum absolute atomic E-state index is 0.125. The standard InChI is InChI=1S/C14H19ClN2O2/c1-17(14(18)11-6-7-16-10-11)8-9-19-13-4-2-12(15)3-5-13/h2-5,11,16H,6-10H2,1H3. The Hall–Kier alpha value is -1.26. The molecule has 1 saturated heterocycles. The second kappa shape index (κ2) is 6.78. The molecule has 1 unspecified atom stereocenters. The number of rotatable bonds is 5. The SMILES string of the molecule is CN(CCOc1ccc(Cl)cc1)C(=O)C1CCNC1. The summed E-state index contributed by atoms with van der Waals surface area (Å²) in [6, 6.07) is 7.22. The maximum absolute atomic E-state index is 12.0. The Morgan fingerprint density at radius 3 is 2.84 bits per heavy atom. The molecular formula is C14H19ClN2O2. The van der Waals surface area contributed by atoms with E-state index in [9.17, 15) is 4.79 Å². The molecule has 0 bridgehead atoms. The van der Waals surface area contributed by atoms with Crippen molar-refractivity contribution in [3.8, 4) is 5.75 Å². The monoisotopic (exact) mass is 282 g/mol. The summed E-state index contributed by atoms with van der Waals surface area (Å²) in [6.07, 6.45) is 0.932. The van der Waals surface area contributed by atoms with Crippen molar-refractivity contribution in [3.63, 3.8) is 0 Å². The molecule has 19 heavy (non-hydrogen) atoms. The lowest BCUT2D eigenvalue weighted by Crippen LogP contribution is -2.36. The smallest absolute Gasteiger partial charge is 0.226 e. The molecule has 1 N–H and O–H groups in total. The average molecular weight is 283 g/mol. The molecule has 1 aliphatic heterocycles. The minimum atomic E-state index is 0.125. The zero-order valence-corrected chi connectivity index (χ0v) is 11.8. The molecular weight excluding hydrogens is 264 g/mol. The van der Waals surface area contributed by atoms with Gasteiger partial charge in [-0.25, -0.2) is 0 Å². The van der Waals surface area contributed by atoms with E-state index >= 15 is 0 Å². The van der Waals surface area contributed by atoms with Gasteiger partial charge in [0.05, 0.1) is 12.5 Å². The van der Waals surface area contributed by atoms with E-state index in [2.05, 4.69) is 5.32 Å². The number of hydrogen-bond donors (Lipinski definition) is 1. The predicted molar refractivity (Wildman–Crippen MR) is 75.6 cm³/mol. The van der Waals surface area contributed by atoms with Gasteiger partial charge in [-0.3, -0.25) is 4.79 Å². The summed E-state index contributed by atoms with van der Waals surface area (Å²) in [6.45, 7) is 2.81. The lowest BCUT2D eigenvalue weighted by molar-refractivity contribution is -0.133. The van der Waals surface area contributed by atoms with Crippen LogP contribution in [0.4, 0.5) is 0 Å². The molecule has 104 valence electrons. The molecule has 5 heteroatoms. The molecule has 0 spiro atoms. The Balaban J connectivity index is 1.72. The number of halogens is 1. The van der Waals surface area contributed by atoms with Crippen molar-refractivity contribution in [3.05, 3.63) is 29.3 Å². The molecule has 1 amide bonds. The number of nitrogens with zero attached hydrogens (tertiary/aromatic N) is 1. The van der Waals surface area contributed by atoms with E-state index in [1.807, 2.05) is 19.2 Å². The van der Waals surface area contributed by atoms with Gasteiger partial charge in [0.15, 0.2) is 0 Å². The van der Waals surface area contributed by atoms with Gasteiger partial charge in [-0.2, -0.15) is 0 Å². The highest BCUT2D eigenvalue weighted by molar-refractivity contribution is 6.30. The Bertz CT molecular complexity index is 416. The normalized spacial score (nSPS) is 18.3. The summed E-state index contributed by atoms with van der Waals surface area (Å²) in [5.74, 6) is 1.10. The van der Waals surface area contributed by atoms with E-state index in [1.54, 1.807) is 17.0 Å². The minimum Gasteiger partial charge on any atom is -0.492 e. The second-order valence-electron chi connectivity index (χ2n) is 4.75. The number of nitrogens with one attached hydrogen (secondary N) is 1. The highest BCUT2D eigenvalue weighted by atomic mass is 35.5. The summed E-state index contributed by atoms with van der Waals surface area (Å²) in [7, 11) is 1.83. The molecule has 1 heterocycles. The van der Waals surface area contributed by atoms with Gasteiger partial charge < -0.3 is 15.0 Å².